The smallest absolute Gasteiger partial charge is 0.311 e. The summed E-state index contributed by atoms with van der Waals surface area (Å²) in [7, 11) is 0. The highest BCUT2D eigenvalue weighted by atomic mass is 16.6. The number of hydrogen-bond donors (Lipinski definition) is 1. The summed E-state index contributed by atoms with van der Waals surface area (Å²) < 4.78 is 16.4. The third-order valence-electron chi connectivity index (χ3n) is 4.73. The number of fused-ring (bicyclic) bond motifs is 1. The maximum atomic E-state index is 12.6. The van der Waals surface area contributed by atoms with Gasteiger partial charge in [0, 0.05) is 0 Å². The van der Waals surface area contributed by atoms with Gasteiger partial charge in [0.2, 0.25) is 0 Å². The van der Waals surface area contributed by atoms with Crippen molar-refractivity contribution >= 4 is 11.9 Å². The molecule has 0 saturated heterocycles. The average molecular weight is 397 g/mol. The zero-order chi connectivity index (χ0) is 20.6. The standard InChI is InChI=1S/C23H27NO5/c1-3-7-19(18-8-5-4-6-9-18)24-23(26)16(2)29-22(25)15-17-10-11-20-21(14-17)28-13-12-27-20/h4-6,8-11,14,16,19H,3,7,12-13,15H2,1-2H3,(H,24,26). The van der Waals surface area contributed by atoms with Crippen LogP contribution >= 0.6 is 0 Å². The predicted molar refractivity (Wildman–Crippen MR) is 109 cm³/mol. The van der Waals surface area contributed by atoms with Crippen LogP contribution in [-0.4, -0.2) is 31.2 Å². The molecule has 3 rings (SSSR count). The summed E-state index contributed by atoms with van der Waals surface area (Å²) in [5.74, 6) is 0.528. The van der Waals surface area contributed by atoms with E-state index >= 15 is 0 Å². The van der Waals surface area contributed by atoms with E-state index in [1.165, 1.54) is 0 Å². The Kier molecular flexibility index (Phi) is 7.11. The number of ether oxygens (including phenoxy) is 3. The van der Waals surface area contributed by atoms with Crippen molar-refractivity contribution in [2.75, 3.05) is 13.2 Å². The van der Waals surface area contributed by atoms with Gasteiger partial charge in [0.25, 0.3) is 5.91 Å². The Labute approximate surface area is 171 Å². The van der Waals surface area contributed by atoms with E-state index < -0.39 is 12.1 Å². The fourth-order valence-corrected chi connectivity index (χ4v) is 3.24. The summed E-state index contributed by atoms with van der Waals surface area (Å²) >= 11 is 0. The highest BCUT2D eigenvalue weighted by Crippen LogP contribution is 2.31. The molecule has 2 unspecified atom stereocenters. The van der Waals surface area contributed by atoms with Crippen LogP contribution in [0.2, 0.25) is 0 Å². The van der Waals surface area contributed by atoms with Crippen LogP contribution in [0.25, 0.3) is 0 Å². The molecule has 6 heteroatoms. The van der Waals surface area contributed by atoms with Crippen LogP contribution in [0, 0.1) is 0 Å². The molecule has 0 saturated carbocycles. The summed E-state index contributed by atoms with van der Waals surface area (Å²) in [6.07, 6.45) is 0.930. The first kappa shape index (κ1) is 20.7. The third kappa shape index (κ3) is 5.73. The molecule has 0 radical (unpaired) electrons. The summed E-state index contributed by atoms with van der Waals surface area (Å²) in [6.45, 7) is 4.66. The Morgan fingerprint density at radius 2 is 1.79 bits per heavy atom. The van der Waals surface area contributed by atoms with Gasteiger partial charge < -0.3 is 19.5 Å². The van der Waals surface area contributed by atoms with E-state index in [1.54, 1.807) is 25.1 Å². The Hall–Kier alpha value is -3.02. The summed E-state index contributed by atoms with van der Waals surface area (Å²) in [5.41, 5.74) is 1.79. The van der Waals surface area contributed by atoms with E-state index in [1.807, 2.05) is 30.3 Å². The Morgan fingerprint density at radius 3 is 2.52 bits per heavy atom. The largest absolute Gasteiger partial charge is 0.486 e. The first-order valence-corrected chi connectivity index (χ1v) is 10.00. The van der Waals surface area contributed by atoms with Crippen LogP contribution in [0.1, 0.15) is 43.9 Å². The third-order valence-corrected chi connectivity index (χ3v) is 4.73. The quantitative estimate of drug-likeness (QED) is 0.689. The van der Waals surface area contributed by atoms with Gasteiger partial charge in [-0.15, -0.1) is 0 Å². The van der Waals surface area contributed by atoms with Crippen molar-refractivity contribution in [2.45, 2.75) is 45.3 Å². The minimum Gasteiger partial charge on any atom is -0.486 e. The molecule has 6 nitrogen and oxygen atoms in total. The van der Waals surface area contributed by atoms with E-state index in [4.69, 9.17) is 14.2 Å². The maximum absolute atomic E-state index is 12.6. The number of carbonyl (C=O) groups excluding carboxylic acids is 2. The maximum Gasteiger partial charge on any atom is 0.311 e. The van der Waals surface area contributed by atoms with Crippen LogP contribution < -0.4 is 14.8 Å². The van der Waals surface area contributed by atoms with Crippen molar-refractivity contribution < 1.29 is 23.8 Å². The van der Waals surface area contributed by atoms with E-state index in [9.17, 15) is 9.59 Å². The van der Waals surface area contributed by atoms with Crippen LogP contribution in [0.4, 0.5) is 0 Å². The second-order valence-electron chi connectivity index (χ2n) is 7.05. The number of esters is 1. The minimum atomic E-state index is -0.872. The van der Waals surface area contributed by atoms with Crippen molar-refractivity contribution in [1.29, 1.82) is 0 Å². The van der Waals surface area contributed by atoms with Gasteiger partial charge in [-0.2, -0.15) is 0 Å². The second-order valence-corrected chi connectivity index (χ2v) is 7.05. The number of nitrogens with one attached hydrogen (secondary N) is 1. The zero-order valence-corrected chi connectivity index (χ0v) is 16.9. The lowest BCUT2D eigenvalue weighted by atomic mass is 10.0. The molecular weight excluding hydrogens is 370 g/mol. The van der Waals surface area contributed by atoms with Crippen LogP contribution in [0.5, 0.6) is 11.5 Å². The fraction of sp³-hybridized carbons (Fsp3) is 0.391. The lowest BCUT2D eigenvalue weighted by Gasteiger charge is -2.21. The molecule has 1 heterocycles. The molecule has 0 aliphatic carbocycles. The Balaban J connectivity index is 1.55. The van der Waals surface area contributed by atoms with Gasteiger partial charge in [-0.05, 0) is 36.6 Å². The van der Waals surface area contributed by atoms with Crippen LogP contribution in [0.3, 0.4) is 0 Å². The zero-order valence-electron chi connectivity index (χ0n) is 16.9. The number of hydrogen-bond acceptors (Lipinski definition) is 5. The Bertz CT molecular complexity index is 836. The highest BCUT2D eigenvalue weighted by Gasteiger charge is 2.22. The lowest BCUT2D eigenvalue weighted by molar-refractivity contribution is -0.154. The van der Waals surface area contributed by atoms with Crippen molar-refractivity contribution in [3.63, 3.8) is 0 Å². The van der Waals surface area contributed by atoms with Gasteiger partial charge in [-0.25, -0.2) is 0 Å². The summed E-state index contributed by atoms with van der Waals surface area (Å²) in [5, 5.41) is 2.99. The Morgan fingerprint density at radius 1 is 1.07 bits per heavy atom. The topological polar surface area (TPSA) is 73.9 Å². The molecule has 2 atom stereocenters. The monoisotopic (exact) mass is 397 g/mol. The average Bonchev–Trinajstić information content (AvgIpc) is 2.73. The van der Waals surface area contributed by atoms with Crippen LogP contribution in [0.15, 0.2) is 48.5 Å². The fourth-order valence-electron chi connectivity index (χ4n) is 3.24. The SMILES string of the molecule is CCCC(NC(=O)C(C)OC(=O)Cc1ccc2c(c1)OCCO2)c1ccccc1. The molecule has 1 N–H and O–H groups in total. The number of benzene rings is 2. The minimum absolute atomic E-state index is 0.0608. The normalized spacial score (nSPS) is 14.6. The molecule has 1 aliphatic rings. The number of carbonyl (C=O) groups is 2. The molecule has 2 aromatic carbocycles. The first-order valence-electron chi connectivity index (χ1n) is 10.00. The molecular formula is C23H27NO5. The highest BCUT2D eigenvalue weighted by molar-refractivity contribution is 5.84. The van der Waals surface area contributed by atoms with Crippen molar-refractivity contribution in [2.24, 2.45) is 0 Å². The second kappa shape index (κ2) is 9.96. The van der Waals surface area contributed by atoms with Crippen molar-refractivity contribution in [1.82, 2.24) is 5.32 Å². The van der Waals surface area contributed by atoms with Gasteiger partial charge in [0.05, 0.1) is 12.5 Å². The first-order chi connectivity index (χ1) is 14.1. The number of rotatable bonds is 8. The molecule has 2 aromatic rings. The lowest BCUT2D eigenvalue weighted by Crippen LogP contribution is -2.38. The predicted octanol–water partition coefficient (Wildman–Crippen LogP) is 3.59. The molecule has 29 heavy (non-hydrogen) atoms. The van der Waals surface area contributed by atoms with Gasteiger partial charge in [-0.1, -0.05) is 49.7 Å². The molecule has 1 aliphatic heterocycles. The molecule has 0 bridgehead atoms. The molecule has 1 amide bonds. The molecule has 0 aromatic heterocycles. The summed E-state index contributed by atoms with van der Waals surface area (Å²) in [4.78, 5) is 24.9. The number of amides is 1. The van der Waals surface area contributed by atoms with E-state index in [0.29, 0.717) is 24.7 Å². The van der Waals surface area contributed by atoms with Crippen molar-refractivity contribution in [3.8, 4) is 11.5 Å². The van der Waals surface area contributed by atoms with Gasteiger partial charge in [0.1, 0.15) is 13.2 Å². The van der Waals surface area contributed by atoms with Gasteiger partial charge in [0.15, 0.2) is 17.6 Å². The van der Waals surface area contributed by atoms with Gasteiger partial charge >= 0.3 is 5.97 Å². The molecule has 0 fully saturated rings. The van der Waals surface area contributed by atoms with Gasteiger partial charge in [-0.3, -0.25) is 9.59 Å². The van der Waals surface area contributed by atoms with Crippen LogP contribution in [-0.2, 0) is 20.7 Å². The van der Waals surface area contributed by atoms with E-state index in [2.05, 4.69) is 12.2 Å². The molecule has 0 spiro atoms. The van der Waals surface area contributed by atoms with E-state index in [0.717, 1.165) is 24.0 Å². The van der Waals surface area contributed by atoms with Crippen molar-refractivity contribution in [3.05, 3.63) is 59.7 Å². The molecule has 154 valence electrons. The van der Waals surface area contributed by atoms with E-state index in [-0.39, 0.29) is 18.4 Å². The summed E-state index contributed by atoms with van der Waals surface area (Å²) in [6, 6.07) is 15.0.